The van der Waals surface area contributed by atoms with Crippen molar-refractivity contribution in [3.63, 3.8) is 0 Å². The summed E-state index contributed by atoms with van der Waals surface area (Å²) in [4.78, 5) is 2.67. The molecule has 0 N–H and O–H groups in total. The van der Waals surface area contributed by atoms with E-state index in [1.165, 1.54) is 74.0 Å². The van der Waals surface area contributed by atoms with Gasteiger partial charge in [-0.1, -0.05) is 82.9 Å². The standard InChI is InChI=1S/C26H38OS2/c1-2-3-4-5-6-7-8-9-10-14-21-27-24-17-19-26(20-18-24)29-23-22-28-25-15-12-11-13-16-25/h11-13,15-20H,2-10,14,21-23H2,1H3. The van der Waals surface area contributed by atoms with Gasteiger partial charge in [0.25, 0.3) is 0 Å². The van der Waals surface area contributed by atoms with Crippen LogP contribution in [0.15, 0.2) is 64.4 Å². The van der Waals surface area contributed by atoms with Crippen molar-refractivity contribution in [2.75, 3.05) is 18.1 Å². The smallest absolute Gasteiger partial charge is 0.119 e. The summed E-state index contributed by atoms with van der Waals surface area (Å²) in [5.41, 5.74) is 0. The van der Waals surface area contributed by atoms with Gasteiger partial charge in [0.15, 0.2) is 0 Å². The summed E-state index contributed by atoms with van der Waals surface area (Å²) in [7, 11) is 0. The van der Waals surface area contributed by atoms with Gasteiger partial charge >= 0.3 is 0 Å². The maximum atomic E-state index is 5.90. The van der Waals surface area contributed by atoms with E-state index in [4.69, 9.17) is 4.74 Å². The van der Waals surface area contributed by atoms with Crippen molar-refractivity contribution in [3.05, 3.63) is 54.6 Å². The summed E-state index contributed by atoms with van der Waals surface area (Å²) in [6, 6.07) is 19.2. The van der Waals surface area contributed by atoms with E-state index >= 15 is 0 Å². The number of benzene rings is 2. The van der Waals surface area contributed by atoms with Gasteiger partial charge in [-0.25, -0.2) is 0 Å². The van der Waals surface area contributed by atoms with Crippen LogP contribution in [0.2, 0.25) is 0 Å². The summed E-state index contributed by atoms with van der Waals surface area (Å²) in [6.45, 7) is 3.12. The van der Waals surface area contributed by atoms with E-state index in [-0.39, 0.29) is 0 Å². The Kier molecular flexibility index (Phi) is 13.9. The van der Waals surface area contributed by atoms with Crippen LogP contribution in [0.4, 0.5) is 0 Å². The van der Waals surface area contributed by atoms with Crippen molar-refractivity contribution in [1.29, 1.82) is 0 Å². The molecule has 0 atom stereocenters. The molecule has 2 aromatic rings. The Bertz CT molecular complexity index is 612. The summed E-state index contributed by atoms with van der Waals surface area (Å²) in [5.74, 6) is 3.26. The molecule has 29 heavy (non-hydrogen) atoms. The van der Waals surface area contributed by atoms with Crippen molar-refractivity contribution >= 4 is 23.5 Å². The molecule has 0 aromatic heterocycles. The van der Waals surface area contributed by atoms with Gasteiger partial charge in [-0.3, -0.25) is 0 Å². The van der Waals surface area contributed by atoms with E-state index in [0.717, 1.165) is 23.9 Å². The van der Waals surface area contributed by atoms with Gasteiger partial charge in [0.1, 0.15) is 5.75 Å². The van der Waals surface area contributed by atoms with Gasteiger partial charge in [0, 0.05) is 21.3 Å². The third kappa shape index (κ3) is 12.3. The third-order valence-corrected chi connectivity index (χ3v) is 7.24. The molecule has 0 heterocycles. The second kappa shape index (κ2) is 16.7. The molecular weight excluding hydrogens is 392 g/mol. The molecule has 0 aliphatic heterocycles. The average Bonchev–Trinajstić information content (AvgIpc) is 2.77. The number of unbranched alkanes of at least 4 members (excludes halogenated alkanes) is 9. The molecule has 3 heteroatoms. The summed E-state index contributed by atoms with van der Waals surface area (Å²) >= 11 is 3.84. The highest BCUT2D eigenvalue weighted by molar-refractivity contribution is 8.03. The summed E-state index contributed by atoms with van der Waals surface area (Å²) < 4.78 is 5.90. The third-order valence-electron chi connectivity index (χ3n) is 4.95. The number of ether oxygens (including phenoxy) is 1. The van der Waals surface area contributed by atoms with Crippen LogP contribution in [0.1, 0.15) is 71.1 Å². The summed E-state index contributed by atoms with van der Waals surface area (Å²) in [5, 5.41) is 0. The molecule has 0 bridgehead atoms. The minimum atomic E-state index is 0.844. The van der Waals surface area contributed by atoms with Crippen LogP contribution in [0.5, 0.6) is 5.75 Å². The second-order valence-electron chi connectivity index (χ2n) is 7.51. The number of rotatable bonds is 17. The molecule has 0 saturated heterocycles. The Hall–Kier alpha value is -1.06. The van der Waals surface area contributed by atoms with Crippen molar-refractivity contribution < 1.29 is 4.74 Å². The molecule has 2 rings (SSSR count). The lowest BCUT2D eigenvalue weighted by atomic mass is 10.1. The van der Waals surface area contributed by atoms with Crippen LogP contribution < -0.4 is 4.74 Å². The van der Waals surface area contributed by atoms with Crippen molar-refractivity contribution in [2.45, 2.75) is 80.9 Å². The first-order valence-electron chi connectivity index (χ1n) is 11.4. The van der Waals surface area contributed by atoms with Crippen LogP contribution in [-0.4, -0.2) is 18.1 Å². The highest BCUT2D eigenvalue weighted by atomic mass is 32.2. The zero-order valence-electron chi connectivity index (χ0n) is 18.1. The molecule has 0 amide bonds. The number of hydrogen-bond donors (Lipinski definition) is 0. The second-order valence-corrected chi connectivity index (χ2v) is 9.85. The van der Waals surface area contributed by atoms with Crippen molar-refractivity contribution in [3.8, 4) is 5.75 Å². The predicted octanol–water partition coefficient (Wildman–Crippen LogP) is 8.87. The first kappa shape index (κ1) is 24.2. The van der Waals surface area contributed by atoms with Crippen LogP contribution in [0.25, 0.3) is 0 Å². The maximum absolute atomic E-state index is 5.90. The molecule has 0 unspecified atom stereocenters. The molecule has 0 aliphatic carbocycles. The molecule has 0 aliphatic rings. The maximum Gasteiger partial charge on any atom is 0.119 e. The SMILES string of the molecule is CCCCCCCCCCCCOc1ccc(SCCSc2ccccc2)cc1. The van der Waals surface area contributed by atoms with Crippen LogP contribution >= 0.6 is 23.5 Å². The Labute approximate surface area is 187 Å². The first-order valence-corrected chi connectivity index (χ1v) is 13.4. The van der Waals surface area contributed by atoms with Gasteiger partial charge in [-0.2, -0.15) is 0 Å². The van der Waals surface area contributed by atoms with E-state index < -0.39 is 0 Å². The van der Waals surface area contributed by atoms with Gasteiger partial charge in [-0.05, 0) is 42.8 Å². The molecule has 1 nitrogen and oxygen atoms in total. The van der Waals surface area contributed by atoms with E-state index in [9.17, 15) is 0 Å². The minimum Gasteiger partial charge on any atom is -0.494 e. The van der Waals surface area contributed by atoms with Gasteiger partial charge in [0.2, 0.25) is 0 Å². The molecule has 0 spiro atoms. The number of thioether (sulfide) groups is 2. The lowest BCUT2D eigenvalue weighted by Crippen LogP contribution is -1.97. The molecule has 160 valence electrons. The zero-order chi connectivity index (χ0) is 20.4. The van der Waals surface area contributed by atoms with Gasteiger partial charge in [-0.15, -0.1) is 23.5 Å². The van der Waals surface area contributed by atoms with Crippen molar-refractivity contribution in [1.82, 2.24) is 0 Å². The Morgan fingerprint density at radius 1 is 0.586 bits per heavy atom. The Balaban J connectivity index is 1.44. The van der Waals surface area contributed by atoms with E-state index in [2.05, 4.69) is 61.5 Å². The zero-order valence-corrected chi connectivity index (χ0v) is 19.7. The van der Waals surface area contributed by atoms with Gasteiger partial charge in [0.05, 0.1) is 6.61 Å². The fourth-order valence-electron chi connectivity index (χ4n) is 3.25. The highest BCUT2D eigenvalue weighted by Gasteiger charge is 1.99. The number of hydrogen-bond acceptors (Lipinski definition) is 3. The van der Waals surface area contributed by atoms with E-state index in [1.807, 2.05) is 23.5 Å². The van der Waals surface area contributed by atoms with Crippen molar-refractivity contribution in [2.24, 2.45) is 0 Å². The van der Waals surface area contributed by atoms with Crippen LogP contribution in [0.3, 0.4) is 0 Å². The molecule has 0 radical (unpaired) electrons. The fraction of sp³-hybridized carbons (Fsp3) is 0.538. The molecular formula is C26H38OS2. The lowest BCUT2D eigenvalue weighted by Gasteiger charge is -2.07. The first-order chi connectivity index (χ1) is 14.4. The summed E-state index contributed by atoms with van der Waals surface area (Å²) in [6.07, 6.45) is 13.6. The highest BCUT2D eigenvalue weighted by Crippen LogP contribution is 2.24. The quantitative estimate of drug-likeness (QED) is 0.183. The average molecular weight is 431 g/mol. The molecule has 0 fully saturated rings. The largest absolute Gasteiger partial charge is 0.494 e. The minimum absolute atomic E-state index is 0.844. The van der Waals surface area contributed by atoms with E-state index in [0.29, 0.717) is 0 Å². The van der Waals surface area contributed by atoms with Crippen LogP contribution in [-0.2, 0) is 0 Å². The topological polar surface area (TPSA) is 9.23 Å². The normalized spacial score (nSPS) is 10.9. The molecule has 2 aromatic carbocycles. The lowest BCUT2D eigenvalue weighted by molar-refractivity contribution is 0.304. The van der Waals surface area contributed by atoms with Crippen LogP contribution in [0, 0.1) is 0 Å². The molecule has 0 saturated carbocycles. The van der Waals surface area contributed by atoms with Gasteiger partial charge < -0.3 is 4.74 Å². The Morgan fingerprint density at radius 3 is 1.69 bits per heavy atom. The Morgan fingerprint density at radius 2 is 1.10 bits per heavy atom. The van der Waals surface area contributed by atoms with E-state index in [1.54, 1.807) is 0 Å². The predicted molar refractivity (Wildman–Crippen MR) is 132 cm³/mol. The monoisotopic (exact) mass is 430 g/mol. The fourth-order valence-corrected chi connectivity index (χ4v) is 5.06.